The zero-order valence-electron chi connectivity index (χ0n) is 21.1. The molecule has 2 aromatic carbocycles. The summed E-state index contributed by atoms with van der Waals surface area (Å²) in [6, 6.07) is 7.22. The van der Waals surface area contributed by atoms with E-state index in [0.29, 0.717) is 50.2 Å². The number of hydrazone groups is 1. The van der Waals surface area contributed by atoms with E-state index in [9.17, 15) is 14.7 Å². The average Bonchev–Trinajstić information content (AvgIpc) is 2.87. The van der Waals surface area contributed by atoms with Gasteiger partial charge in [0.2, 0.25) is 0 Å². The summed E-state index contributed by atoms with van der Waals surface area (Å²) in [5, 5.41) is 20.0. The van der Waals surface area contributed by atoms with Crippen molar-refractivity contribution in [3.05, 3.63) is 62.2 Å². The number of allylic oxidation sites excluding steroid dienone is 1. The number of rotatable bonds is 11. The number of nitrogens with one attached hydrogen (secondary N) is 3. The number of esters is 1. The van der Waals surface area contributed by atoms with E-state index in [2.05, 4.69) is 37.1 Å². The molecule has 4 N–H and O–H groups in total. The molecule has 0 spiro atoms. The Morgan fingerprint density at radius 3 is 2.68 bits per heavy atom. The van der Waals surface area contributed by atoms with E-state index in [-0.39, 0.29) is 12.2 Å². The monoisotopic (exact) mass is 610 g/mol. The largest absolute Gasteiger partial charge is 0.494 e. The van der Waals surface area contributed by atoms with Gasteiger partial charge in [0, 0.05) is 5.70 Å². The van der Waals surface area contributed by atoms with Crippen LogP contribution in [-0.2, 0) is 9.53 Å². The fourth-order valence-electron chi connectivity index (χ4n) is 3.67. The highest BCUT2D eigenvalue weighted by atomic mass is 79.9. The maximum Gasteiger partial charge on any atom is 0.337 e. The third-order valence-corrected chi connectivity index (χ3v) is 6.20. The van der Waals surface area contributed by atoms with Crippen LogP contribution in [0.2, 0.25) is 5.02 Å². The predicted molar refractivity (Wildman–Crippen MR) is 145 cm³/mol. The number of amides is 2. The van der Waals surface area contributed by atoms with Crippen LogP contribution in [0.15, 0.2) is 51.2 Å². The number of carbonyl (C=O) groups excluding carboxylic acids is 2. The number of aliphatic hydroxyl groups excluding tert-OH is 1. The van der Waals surface area contributed by atoms with E-state index in [0.717, 1.165) is 0 Å². The molecule has 0 unspecified atom stereocenters. The molecule has 2 atom stereocenters. The van der Waals surface area contributed by atoms with Gasteiger partial charge in [-0.25, -0.2) is 9.59 Å². The molecule has 0 bridgehead atoms. The van der Waals surface area contributed by atoms with Crippen molar-refractivity contribution in [3.8, 4) is 17.2 Å². The number of aliphatic hydroxyl groups is 1. The standard InChI is InChI=1S/C25H28BrClN4O7/c1-5-37-19-10-15(22-21(24(33)36-4)13(2)29-25(34)30-22)6-7-18(19)38-12-20(32)31-28-11-14-8-16(26)23(35-3)17(27)9-14/h6-11,20,22,31-32H,5,12H2,1-4H3,(H2,29,30,34)/b28-11-/t20-,22+/m1/s1. The molecule has 0 saturated carbocycles. The van der Waals surface area contributed by atoms with E-state index in [1.165, 1.54) is 20.4 Å². The minimum absolute atomic E-state index is 0.152. The fraction of sp³-hybridized carbons (Fsp3) is 0.320. The lowest BCUT2D eigenvalue weighted by molar-refractivity contribution is -0.136. The summed E-state index contributed by atoms with van der Waals surface area (Å²) in [4.78, 5) is 24.5. The second kappa shape index (κ2) is 13.4. The number of benzene rings is 2. The molecule has 1 aliphatic rings. The Kier molecular flexibility index (Phi) is 10.2. The van der Waals surface area contributed by atoms with Crippen LogP contribution in [0.25, 0.3) is 0 Å². The molecule has 11 nitrogen and oxygen atoms in total. The normalized spacial score (nSPS) is 16.0. The first-order valence-electron chi connectivity index (χ1n) is 11.4. The third-order valence-electron chi connectivity index (χ3n) is 5.33. The fourth-order valence-corrected chi connectivity index (χ4v) is 4.73. The van der Waals surface area contributed by atoms with Gasteiger partial charge in [-0.1, -0.05) is 17.7 Å². The predicted octanol–water partition coefficient (Wildman–Crippen LogP) is 3.63. The lowest BCUT2D eigenvalue weighted by Crippen LogP contribution is -2.45. The number of ether oxygens (including phenoxy) is 4. The first-order valence-corrected chi connectivity index (χ1v) is 12.6. The number of urea groups is 1. The van der Waals surface area contributed by atoms with Crippen molar-refractivity contribution in [2.45, 2.75) is 26.1 Å². The Labute approximate surface area is 233 Å². The van der Waals surface area contributed by atoms with Crippen molar-refractivity contribution >= 4 is 45.7 Å². The first kappa shape index (κ1) is 29.1. The van der Waals surface area contributed by atoms with Gasteiger partial charge >= 0.3 is 12.0 Å². The molecule has 0 aliphatic carbocycles. The van der Waals surface area contributed by atoms with Gasteiger partial charge in [-0.3, -0.25) is 5.43 Å². The number of halogens is 2. The van der Waals surface area contributed by atoms with E-state index >= 15 is 0 Å². The van der Waals surface area contributed by atoms with Crippen LogP contribution in [0, 0.1) is 0 Å². The molecule has 1 aliphatic heterocycles. The Bertz CT molecular complexity index is 1230. The SMILES string of the molecule is CCOc1cc([C@@H]2NC(=O)NC(C)=C2C(=O)OC)ccc1OC[C@@H](O)N/N=C\c1cc(Cl)c(OC)c(Br)c1. The zero-order valence-corrected chi connectivity index (χ0v) is 23.5. The highest BCUT2D eigenvalue weighted by molar-refractivity contribution is 9.10. The van der Waals surface area contributed by atoms with Gasteiger partial charge in [0.25, 0.3) is 0 Å². The minimum atomic E-state index is -1.14. The van der Waals surface area contributed by atoms with Crippen molar-refractivity contribution in [1.29, 1.82) is 0 Å². The van der Waals surface area contributed by atoms with Crippen molar-refractivity contribution < 1.29 is 33.6 Å². The van der Waals surface area contributed by atoms with Crippen LogP contribution in [-0.4, -0.2) is 57.0 Å². The van der Waals surface area contributed by atoms with Crippen LogP contribution >= 0.6 is 27.5 Å². The quantitative estimate of drug-likeness (QED) is 0.131. The van der Waals surface area contributed by atoms with Crippen LogP contribution in [0.4, 0.5) is 4.79 Å². The molecule has 0 radical (unpaired) electrons. The average molecular weight is 612 g/mol. The summed E-state index contributed by atoms with van der Waals surface area (Å²) in [5.41, 5.74) is 4.50. The first-order chi connectivity index (χ1) is 18.2. The lowest BCUT2D eigenvalue weighted by atomic mass is 9.95. The highest BCUT2D eigenvalue weighted by Gasteiger charge is 2.32. The van der Waals surface area contributed by atoms with Crippen molar-refractivity contribution in [1.82, 2.24) is 16.1 Å². The van der Waals surface area contributed by atoms with Crippen molar-refractivity contribution in [2.24, 2.45) is 5.10 Å². The zero-order chi connectivity index (χ0) is 27.8. The Balaban J connectivity index is 1.70. The number of nitrogens with zero attached hydrogens (tertiary/aromatic N) is 1. The Morgan fingerprint density at radius 1 is 1.26 bits per heavy atom. The molecule has 204 valence electrons. The van der Waals surface area contributed by atoms with E-state index in [4.69, 9.17) is 30.5 Å². The molecule has 2 aromatic rings. The van der Waals surface area contributed by atoms with Crippen molar-refractivity contribution in [3.63, 3.8) is 0 Å². The van der Waals surface area contributed by atoms with E-state index < -0.39 is 24.3 Å². The summed E-state index contributed by atoms with van der Waals surface area (Å²) in [5.74, 6) is 0.661. The summed E-state index contributed by atoms with van der Waals surface area (Å²) < 4.78 is 22.2. The van der Waals surface area contributed by atoms with Crippen LogP contribution < -0.4 is 30.3 Å². The van der Waals surface area contributed by atoms with Crippen LogP contribution in [0.5, 0.6) is 17.2 Å². The summed E-state index contributed by atoms with van der Waals surface area (Å²) in [6.45, 7) is 3.61. The van der Waals surface area contributed by atoms with Gasteiger partial charge in [0.05, 0.1) is 48.2 Å². The second-order valence-electron chi connectivity index (χ2n) is 7.93. The smallest absolute Gasteiger partial charge is 0.337 e. The Morgan fingerprint density at radius 2 is 2.03 bits per heavy atom. The van der Waals surface area contributed by atoms with Crippen molar-refractivity contribution in [2.75, 3.05) is 27.4 Å². The highest BCUT2D eigenvalue weighted by Crippen LogP contribution is 2.35. The topological polar surface area (TPSA) is 140 Å². The van der Waals surface area contributed by atoms with Gasteiger partial charge in [-0.2, -0.15) is 5.10 Å². The molecule has 3 rings (SSSR count). The molecule has 0 saturated heterocycles. The van der Waals surface area contributed by atoms with Gasteiger partial charge in [-0.05, 0) is 65.2 Å². The minimum Gasteiger partial charge on any atom is -0.494 e. The molecule has 13 heteroatoms. The van der Waals surface area contributed by atoms with Gasteiger partial charge in [0.15, 0.2) is 23.5 Å². The summed E-state index contributed by atoms with van der Waals surface area (Å²) in [6.07, 6.45) is 0.347. The Hall–Kier alpha value is -3.48. The number of hydrogen-bond donors (Lipinski definition) is 4. The van der Waals surface area contributed by atoms with Gasteiger partial charge in [0.1, 0.15) is 6.61 Å². The second-order valence-corrected chi connectivity index (χ2v) is 9.19. The maximum absolute atomic E-state index is 12.4. The molecular formula is C25H28BrClN4O7. The summed E-state index contributed by atoms with van der Waals surface area (Å²) in [7, 11) is 2.79. The molecule has 0 fully saturated rings. The molecule has 38 heavy (non-hydrogen) atoms. The molecular weight excluding hydrogens is 584 g/mol. The lowest BCUT2D eigenvalue weighted by Gasteiger charge is -2.28. The number of carbonyl (C=O) groups is 2. The number of hydrogen-bond acceptors (Lipinski definition) is 9. The number of methoxy groups -OCH3 is 2. The van der Waals surface area contributed by atoms with Crippen LogP contribution in [0.1, 0.15) is 31.0 Å². The van der Waals surface area contributed by atoms with E-state index in [1.54, 1.807) is 37.3 Å². The maximum atomic E-state index is 12.4. The molecule has 1 heterocycles. The summed E-state index contributed by atoms with van der Waals surface area (Å²) >= 11 is 9.55. The van der Waals surface area contributed by atoms with Crippen LogP contribution in [0.3, 0.4) is 0 Å². The molecule has 0 aromatic heterocycles. The van der Waals surface area contributed by atoms with Gasteiger partial charge in [-0.15, -0.1) is 0 Å². The molecule has 2 amide bonds. The van der Waals surface area contributed by atoms with Gasteiger partial charge < -0.3 is 34.7 Å². The third kappa shape index (κ3) is 7.09. The van der Waals surface area contributed by atoms with E-state index in [1.807, 2.05) is 6.92 Å².